The van der Waals surface area contributed by atoms with E-state index in [1.165, 1.54) is 0 Å². The molecule has 0 aromatic carbocycles. The molecular formula is C15H14O3. The summed E-state index contributed by atoms with van der Waals surface area (Å²) in [5, 5.41) is 0. The normalized spacial score (nSPS) is 58.0. The van der Waals surface area contributed by atoms with Crippen LogP contribution in [0.25, 0.3) is 0 Å². The second kappa shape index (κ2) is 2.49. The number of allylic oxidation sites excluding steroid dienone is 4. The Morgan fingerprint density at radius 1 is 0.833 bits per heavy atom. The molecule has 0 unspecified atom stereocenters. The van der Waals surface area contributed by atoms with Crippen LogP contribution < -0.4 is 0 Å². The van der Waals surface area contributed by atoms with Crippen LogP contribution >= 0.6 is 0 Å². The van der Waals surface area contributed by atoms with Gasteiger partial charge in [-0.05, 0) is 42.9 Å². The zero-order valence-electron chi connectivity index (χ0n) is 9.96. The highest BCUT2D eigenvalue weighted by Crippen LogP contribution is 2.77. The molecule has 2 saturated carbocycles. The summed E-state index contributed by atoms with van der Waals surface area (Å²) in [4.78, 5) is 25.0. The van der Waals surface area contributed by atoms with Gasteiger partial charge in [-0.3, -0.25) is 9.59 Å². The average molecular weight is 242 g/mol. The van der Waals surface area contributed by atoms with Crippen LogP contribution in [0.3, 0.4) is 0 Å². The van der Waals surface area contributed by atoms with Gasteiger partial charge in [0.1, 0.15) is 0 Å². The van der Waals surface area contributed by atoms with E-state index in [0.717, 1.165) is 19.3 Å². The molecule has 5 aliphatic carbocycles. The lowest BCUT2D eigenvalue weighted by Crippen LogP contribution is -2.60. The van der Waals surface area contributed by atoms with Crippen molar-refractivity contribution in [2.45, 2.75) is 19.3 Å². The Kier molecular flexibility index (Phi) is 1.32. The van der Waals surface area contributed by atoms with Gasteiger partial charge in [0.05, 0.1) is 10.8 Å². The fourth-order valence-electron chi connectivity index (χ4n) is 5.93. The smallest absolute Gasteiger partial charge is 0.322 e. The van der Waals surface area contributed by atoms with Gasteiger partial charge in [-0.25, -0.2) is 0 Å². The number of hydrogen-bond acceptors (Lipinski definition) is 3. The summed E-state index contributed by atoms with van der Waals surface area (Å²) in [7, 11) is 0. The maximum atomic E-state index is 12.5. The molecule has 6 aliphatic rings. The zero-order valence-corrected chi connectivity index (χ0v) is 9.96. The Hall–Kier alpha value is -1.38. The van der Waals surface area contributed by atoms with Gasteiger partial charge in [0, 0.05) is 0 Å². The van der Waals surface area contributed by atoms with Crippen molar-refractivity contribution < 1.29 is 14.3 Å². The van der Waals surface area contributed by atoms with Gasteiger partial charge in [0.25, 0.3) is 0 Å². The summed E-state index contributed by atoms with van der Waals surface area (Å²) < 4.78 is 5.16. The molecule has 3 nitrogen and oxygen atoms in total. The standard InChI is InChI=1S/C15H14O3/c16-12-14-8-1-2-9(4-3-8)15(14,13(17)18-12)11-6-5-10(14)7-11/h1-2,5-6,8-11H,3-4,7H2/t8-,9+,10-,11+,14+,15-. The molecule has 1 aliphatic heterocycles. The molecule has 18 heavy (non-hydrogen) atoms. The van der Waals surface area contributed by atoms with E-state index in [-0.39, 0.29) is 35.6 Å². The van der Waals surface area contributed by atoms with Gasteiger partial charge in [0.15, 0.2) is 0 Å². The molecule has 0 spiro atoms. The summed E-state index contributed by atoms with van der Waals surface area (Å²) in [5.41, 5.74) is -1.08. The highest BCUT2D eigenvalue weighted by atomic mass is 16.6. The third-order valence-electron chi connectivity index (χ3n) is 6.33. The van der Waals surface area contributed by atoms with E-state index < -0.39 is 10.8 Å². The van der Waals surface area contributed by atoms with Crippen LogP contribution in [0.4, 0.5) is 0 Å². The molecule has 1 saturated heterocycles. The zero-order chi connectivity index (χ0) is 12.1. The first kappa shape index (κ1) is 9.54. The van der Waals surface area contributed by atoms with Crippen molar-refractivity contribution in [3.05, 3.63) is 24.3 Å². The van der Waals surface area contributed by atoms with Crippen molar-refractivity contribution in [2.75, 3.05) is 0 Å². The Balaban J connectivity index is 1.91. The van der Waals surface area contributed by atoms with Gasteiger partial charge in [-0.1, -0.05) is 24.3 Å². The quantitative estimate of drug-likeness (QED) is 0.370. The predicted molar refractivity (Wildman–Crippen MR) is 62.1 cm³/mol. The van der Waals surface area contributed by atoms with E-state index in [9.17, 15) is 9.59 Å². The van der Waals surface area contributed by atoms with E-state index in [1.54, 1.807) is 0 Å². The second-order valence-corrected chi connectivity index (χ2v) is 6.42. The van der Waals surface area contributed by atoms with Gasteiger partial charge in [-0.15, -0.1) is 0 Å². The van der Waals surface area contributed by atoms with E-state index in [2.05, 4.69) is 24.3 Å². The molecule has 3 fully saturated rings. The first-order valence-electron chi connectivity index (χ1n) is 6.85. The summed E-state index contributed by atoms with van der Waals surface area (Å²) in [6, 6.07) is 0. The third kappa shape index (κ3) is 0.611. The molecule has 0 radical (unpaired) electrons. The number of fused-ring (bicyclic) bond motifs is 3. The van der Waals surface area contributed by atoms with Crippen molar-refractivity contribution in [3.63, 3.8) is 0 Å². The van der Waals surface area contributed by atoms with Crippen LogP contribution in [0.2, 0.25) is 0 Å². The third-order valence-corrected chi connectivity index (χ3v) is 6.33. The average Bonchev–Trinajstić information content (AvgIpc) is 3.04. The van der Waals surface area contributed by atoms with E-state index >= 15 is 0 Å². The van der Waals surface area contributed by atoms with Crippen molar-refractivity contribution in [3.8, 4) is 0 Å². The lowest BCUT2D eigenvalue weighted by atomic mass is 9.43. The Morgan fingerprint density at radius 3 is 1.72 bits per heavy atom. The van der Waals surface area contributed by atoms with Gasteiger partial charge >= 0.3 is 11.9 Å². The molecule has 92 valence electrons. The lowest BCUT2D eigenvalue weighted by Gasteiger charge is -2.55. The molecular weight excluding hydrogens is 228 g/mol. The van der Waals surface area contributed by atoms with Crippen molar-refractivity contribution in [1.82, 2.24) is 0 Å². The van der Waals surface area contributed by atoms with Crippen LogP contribution in [-0.2, 0) is 14.3 Å². The van der Waals surface area contributed by atoms with Crippen LogP contribution in [0.15, 0.2) is 24.3 Å². The van der Waals surface area contributed by atoms with Crippen molar-refractivity contribution in [1.29, 1.82) is 0 Å². The summed E-state index contributed by atoms with van der Waals surface area (Å²) in [6.45, 7) is 0. The molecule has 3 heteroatoms. The fourth-order valence-corrected chi connectivity index (χ4v) is 5.93. The van der Waals surface area contributed by atoms with Gasteiger partial charge in [-0.2, -0.15) is 0 Å². The van der Waals surface area contributed by atoms with E-state index in [4.69, 9.17) is 4.74 Å². The van der Waals surface area contributed by atoms with Gasteiger partial charge in [0.2, 0.25) is 0 Å². The van der Waals surface area contributed by atoms with Crippen LogP contribution in [0.5, 0.6) is 0 Å². The number of hydrogen-bond donors (Lipinski definition) is 0. The highest BCUT2D eigenvalue weighted by Gasteiger charge is 2.83. The first-order chi connectivity index (χ1) is 8.72. The second-order valence-electron chi connectivity index (χ2n) is 6.42. The Morgan fingerprint density at radius 2 is 1.28 bits per heavy atom. The van der Waals surface area contributed by atoms with Gasteiger partial charge < -0.3 is 4.74 Å². The number of carbonyl (C=O) groups is 2. The molecule has 0 aromatic heterocycles. The number of carbonyl (C=O) groups excluding carboxylic acids is 2. The number of ether oxygens (including phenoxy) is 1. The molecule has 0 N–H and O–H groups in total. The molecule has 6 atom stereocenters. The first-order valence-corrected chi connectivity index (χ1v) is 6.85. The monoisotopic (exact) mass is 242 g/mol. The molecule has 1 heterocycles. The molecule has 6 rings (SSSR count). The maximum Gasteiger partial charge on any atom is 0.322 e. The summed E-state index contributed by atoms with van der Waals surface area (Å²) in [5.74, 6) is 0.396. The van der Waals surface area contributed by atoms with Crippen LogP contribution in [-0.4, -0.2) is 11.9 Å². The largest absolute Gasteiger partial charge is 0.392 e. The fraction of sp³-hybridized carbons (Fsp3) is 0.600. The minimum atomic E-state index is -0.541. The predicted octanol–water partition coefficient (Wildman–Crippen LogP) is 1.84. The van der Waals surface area contributed by atoms with E-state index in [0.29, 0.717) is 0 Å². The SMILES string of the molecule is O=C1OC(=O)[C@]23[C@H]4C=C[C@H](CC4)[C@]12[C@@H]1C=C[C@H]3C1. The maximum absolute atomic E-state index is 12.5. The minimum Gasteiger partial charge on any atom is -0.392 e. The van der Waals surface area contributed by atoms with Crippen LogP contribution in [0.1, 0.15) is 19.3 Å². The minimum absolute atomic E-state index is 0.210. The van der Waals surface area contributed by atoms with Crippen molar-refractivity contribution >= 4 is 11.9 Å². The lowest BCUT2D eigenvalue weighted by molar-refractivity contribution is -0.157. The Labute approximate surface area is 105 Å². The number of rotatable bonds is 0. The molecule has 0 amide bonds. The number of esters is 2. The number of cyclic esters (lactones) is 2. The Bertz CT molecular complexity index is 514. The molecule has 0 aromatic rings. The summed E-state index contributed by atoms with van der Waals surface area (Å²) >= 11 is 0. The van der Waals surface area contributed by atoms with Crippen molar-refractivity contribution in [2.24, 2.45) is 34.5 Å². The highest BCUT2D eigenvalue weighted by molar-refractivity contribution is 6.05. The molecule has 4 bridgehead atoms. The van der Waals surface area contributed by atoms with E-state index in [1.807, 2.05) is 0 Å². The topological polar surface area (TPSA) is 43.4 Å². The summed E-state index contributed by atoms with van der Waals surface area (Å²) in [6.07, 6.45) is 11.7. The van der Waals surface area contributed by atoms with Crippen LogP contribution in [0, 0.1) is 34.5 Å².